The molecule has 1 aromatic rings. The van der Waals surface area contributed by atoms with E-state index in [4.69, 9.17) is 9.84 Å². The molecule has 1 rings (SSSR count). The molecule has 0 aliphatic rings. The van der Waals surface area contributed by atoms with Gasteiger partial charge in [0, 0.05) is 17.0 Å². The van der Waals surface area contributed by atoms with E-state index in [0.29, 0.717) is 6.61 Å². The molecule has 84 valence electrons. The number of rotatable bonds is 6. The van der Waals surface area contributed by atoms with E-state index >= 15 is 0 Å². The van der Waals surface area contributed by atoms with Crippen molar-refractivity contribution >= 4 is 15.9 Å². The van der Waals surface area contributed by atoms with Crippen LogP contribution in [0.2, 0.25) is 0 Å². The summed E-state index contributed by atoms with van der Waals surface area (Å²) < 4.78 is 6.61. The van der Waals surface area contributed by atoms with Crippen LogP contribution in [-0.4, -0.2) is 18.3 Å². The van der Waals surface area contributed by atoms with Crippen molar-refractivity contribution in [3.05, 3.63) is 28.7 Å². The molecule has 3 heteroatoms. The lowest BCUT2D eigenvalue weighted by Crippen LogP contribution is -2.15. The molecule has 0 aromatic heterocycles. The fraction of sp³-hybridized carbons (Fsp3) is 0.500. The topological polar surface area (TPSA) is 29.5 Å². The third kappa shape index (κ3) is 4.67. The summed E-state index contributed by atoms with van der Waals surface area (Å²) in [6, 6.07) is 7.75. The summed E-state index contributed by atoms with van der Waals surface area (Å²) in [6.07, 6.45) is 2.08. The number of ether oxygens (including phenoxy) is 1. The second-order valence-electron chi connectivity index (χ2n) is 3.61. The van der Waals surface area contributed by atoms with E-state index in [1.165, 1.54) is 0 Å². The summed E-state index contributed by atoms with van der Waals surface area (Å²) >= 11 is 3.39. The smallest absolute Gasteiger partial charge is 0.120 e. The number of halogens is 1. The Bertz CT molecular complexity index is 289. The van der Waals surface area contributed by atoms with Gasteiger partial charge in [0.1, 0.15) is 5.75 Å². The Balaban J connectivity index is 2.41. The predicted octanol–water partition coefficient (Wildman–Crippen LogP) is 3.24. The van der Waals surface area contributed by atoms with Gasteiger partial charge in [-0.2, -0.15) is 0 Å². The van der Waals surface area contributed by atoms with E-state index in [1.54, 1.807) is 0 Å². The molecule has 0 aliphatic carbocycles. The maximum atomic E-state index is 9.10. The van der Waals surface area contributed by atoms with Crippen LogP contribution in [0.1, 0.15) is 19.8 Å². The molecule has 0 radical (unpaired) electrons. The molecule has 1 aromatic carbocycles. The maximum absolute atomic E-state index is 9.10. The number of hydrogen-bond acceptors (Lipinski definition) is 2. The van der Waals surface area contributed by atoms with E-state index in [1.807, 2.05) is 24.3 Å². The second kappa shape index (κ2) is 6.85. The molecule has 0 spiro atoms. The van der Waals surface area contributed by atoms with Gasteiger partial charge in [0.2, 0.25) is 0 Å². The first-order valence-electron chi connectivity index (χ1n) is 5.25. The van der Waals surface area contributed by atoms with Crippen molar-refractivity contribution in [1.29, 1.82) is 0 Å². The van der Waals surface area contributed by atoms with Crippen molar-refractivity contribution in [3.8, 4) is 5.75 Å². The largest absolute Gasteiger partial charge is 0.493 e. The summed E-state index contributed by atoms with van der Waals surface area (Å²) in [5.74, 6) is 1.09. The molecule has 0 heterocycles. The molecule has 2 nitrogen and oxygen atoms in total. The molecule has 0 amide bonds. The molecule has 1 N–H and O–H groups in total. The lowest BCUT2D eigenvalue weighted by atomic mass is 10.1. The van der Waals surface area contributed by atoms with E-state index in [0.717, 1.165) is 23.1 Å². The Morgan fingerprint density at radius 2 is 2.27 bits per heavy atom. The van der Waals surface area contributed by atoms with Crippen LogP contribution in [0.3, 0.4) is 0 Å². The Labute approximate surface area is 99.4 Å². The van der Waals surface area contributed by atoms with E-state index in [9.17, 15) is 0 Å². The summed E-state index contributed by atoms with van der Waals surface area (Å²) in [5, 5.41) is 9.10. The lowest BCUT2D eigenvalue weighted by Gasteiger charge is -2.14. The van der Waals surface area contributed by atoms with Crippen molar-refractivity contribution in [3.63, 3.8) is 0 Å². The first-order chi connectivity index (χ1) is 7.26. The Hall–Kier alpha value is -0.540. The summed E-state index contributed by atoms with van der Waals surface area (Å²) in [7, 11) is 0. The van der Waals surface area contributed by atoms with Crippen molar-refractivity contribution < 1.29 is 9.84 Å². The predicted molar refractivity (Wildman–Crippen MR) is 65.1 cm³/mol. The van der Waals surface area contributed by atoms with Gasteiger partial charge in [-0.05, 0) is 24.6 Å². The number of aliphatic hydroxyl groups is 1. The van der Waals surface area contributed by atoms with Gasteiger partial charge in [0.15, 0.2) is 0 Å². The van der Waals surface area contributed by atoms with E-state index in [2.05, 4.69) is 22.9 Å². The van der Waals surface area contributed by atoms with Crippen LogP contribution < -0.4 is 4.74 Å². The molecule has 1 unspecified atom stereocenters. The van der Waals surface area contributed by atoms with Gasteiger partial charge in [0.25, 0.3) is 0 Å². The number of benzene rings is 1. The molecule has 0 saturated heterocycles. The van der Waals surface area contributed by atoms with Crippen molar-refractivity contribution in [2.75, 3.05) is 13.2 Å². The summed E-state index contributed by atoms with van der Waals surface area (Å²) in [6.45, 7) is 2.89. The highest BCUT2D eigenvalue weighted by Gasteiger charge is 2.07. The highest BCUT2D eigenvalue weighted by Crippen LogP contribution is 2.18. The molecule has 0 bridgehead atoms. The van der Waals surface area contributed by atoms with Crippen molar-refractivity contribution in [2.24, 2.45) is 5.92 Å². The zero-order valence-corrected chi connectivity index (χ0v) is 10.5. The second-order valence-corrected chi connectivity index (χ2v) is 4.52. The SMILES string of the molecule is CCCC(CO)COc1cccc(Br)c1. The zero-order chi connectivity index (χ0) is 11.1. The molecule has 1 atom stereocenters. The lowest BCUT2D eigenvalue weighted by molar-refractivity contribution is 0.155. The van der Waals surface area contributed by atoms with Gasteiger partial charge in [-0.3, -0.25) is 0 Å². The first-order valence-corrected chi connectivity index (χ1v) is 6.04. The molecule has 0 fully saturated rings. The molecular weight excluding hydrogens is 256 g/mol. The minimum Gasteiger partial charge on any atom is -0.493 e. The Morgan fingerprint density at radius 1 is 1.47 bits per heavy atom. The molecule has 0 aliphatic heterocycles. The average molecular weight is 273 g/mol. The van der Waals surface area contributed by atoms with Crippen LogP contribution in [0.25, 0.3) is 0 Å². The molecule has 15 heavy (non-hydrogen) atoms. The Morgan fingerprint density at radius 3 is 2.87 bits per heavy atom. The third-order valence-corrected chi connectivity index (χ3v) is 2.73. The normalized spacial score (nSPS) is 12.5. The zero-order valence-electron chi connectivity index (χ0n) is 8.95. The highest BCUT2D eigenvalue weighted by atomic mass is 79.9. The van der Waals surface area contributed by atoms with Crippen molar-refractivity contribution in [1.82, 2.24) is 0 Å². The summed E-state index contributed by atoms with van der Waals surface area (Å²) in [5.41, 5.74) is 0. The monoisotopic (exact) mass is 272 g/mol. The average Bonchev–Trinajstić information content (AvgIpc) is 2.24. The van der Waals surface area contributed by atoms with Gasteiger partial charge < -0.3 is 9.84 Å². The highest BCUT2D eigenvalue weighted by molar-refractivity contribution is 9.10. The van der Waals surface area contributed by atoms with Crippen LogP contribution in [0.4, 0.5) is 0 Å². The first kappa shape index (κ1) is 12.5. The van der Waals surface area contributed by atoms with Crippen LogP contribution >= 0.6 is 15.9 Å². The van der Waals surface area contributed by atoms with Crippen molar-refractivity contribution in [2.45, 2.75) is 19.8 Å². The minimum atomic E-state index is 0.196. The van der Waals surface area contributed by atoms with Crippen LogP contribution in [0, 0.1) is 5.92 Å². The van der Waals surface area contributed by atoms with Crippen LogP contribution in [0.15, 0.2) is 28.7 Å². The third-order valence-electron chi connectivity index (χ3n) is 2.24. The fourth-order valence-electron chi connectivity index (χ4n) is 1.41. The number of aliphatic hydroxyl groups excluding tert-OH is 1. The van der Waals surface area contributed by atoms with Gasteiger partial charge in [-0.25, -0.2) is 0 Å². The fourth-order valence-corrected chi connectivity index (χ4v) is 1.78. The quantitative estimate of drug-likeness (QED) is 0.862. The minimum absolute atomic E-state index is 0.196. The van der Waals surface area contributed by atoms with E-state index < -0.39 is 0 Å². The van der Waals surface area contributed by atoms with Crippen LogP contribution in [0.5, 0.6) is 5.75 Å². The van der Waals surface area contributed by atoms with Gasteiger partial charge in [-0.1, -0.05) is 35.3 Å². The maximum Gasteiger partial charge on any atom is 0.120 e. The van der Waals surface area contributed by atoms with Gasteiger partial charge in [-0.15, -0.1) is 0 Å². The molecular formula is C12H17BrO2. The van der Waals surface area contributed by atoms with Gasteiger partial charge >= 0.3 is 0 Å². The summed E-state index contributed by atoms with van der Waals surface area (Å²) in [4.78, 5) is 0. The number of hydrogen-bond donors (Lipinski definition) is 1. The van der Waals surface area contributed by atoms with E-state index in [-0.39, 0.29) is 12.5 Å². The standard InChI is InChI=1S/C12H17BrO2/c1-2-4-10(8-14)9-15-12-6-3-5-11(13)7-12/h3,5-7,10,14H,2,4,8-9H2,1H3. The molecule has 0 saturated carbocycles. The van der Waals surface area contributed by atoms with Crippen LogP contribution in [-0.2, 0) is 0 Å². The Kier molecular flexibility index (Phi) is 5.73. The van der Waals surface area contributed by atoms with Gasteiger partial charge in [0.05, 0.1) is 6.61 Å².